The van der Waals surface area contributed by atoms with Gasteiger partial charge in [0.2, 0.25) is 0 Å². The molecule has 2 rings (SSSR count). The average molecular weight is 243 g/mol. The molecular weight excluding hydrogens is 233 g/mol. The maximum Gasteiger partial charge on any atom is 0.328 e. The first-order valence-corrected chi connectivity index (χ1v) is 5.28. The van der Waals surface area contributed by atoms with Crippen molar-refractivity contribution in [1.29, 1.82) is 0 Å². The van der Waals surface area contributed by atoms with Crippen LogP contribution in [0.1, 0.15) is 5.56 Å². The highest BCUT2D eigenvalue weighted by atomic mass is 19.1. The van der Waals surface area contributed by atoms with Crippen LogP contribution in [0.4, 0.5) is 4.39 Å². The van der Waals surface area contributed by atoms with E-state index >= 15 is 0 Å². The number of carbonyl (C=O) groups is 1. The molecule has 0 saturated heterocycles. The van der Waals surface area contributed by atoms with E-state index in [2.05, 4.69) is 4.98 Å². The standard InChI is InChI=1S/C14H10FNO2/c15-13-3-1-11(10-5-7-16-8-6-10)9-12(13)2-4-14(17)18/h1-9H,(H,17,18). The molecule has 0 aliphatic rings. The van der Waals surface area contributed by atoms with Crippen LogP contribution in [0.3, 0.4) is 0 Å². The van der Waals surface area contributed by atoms with E-state index < -0.39 is 11.8 Å². The quantitative estimate of drug-likeness (QED) is 0.843. The molecule has 1 heterocycles. The maximum atomic E-state index is 13.5. The van der Waals surface area contributed by atoms with Crippen LogP contribution in [0, 0.1) is 5.82 Å². The number of carboxylic acids is 1. The highest BCUT2D eigenvalue weighted by Crippen LogP contribution is 2.22. The van der Waals surface area contributed by atoms with E-state index in [1.807, 2.05) is 0 Å². The van der Waals surface area contributed by atoms with Crippen molar-refractivity contribution in [2.24, 2.45) is 0 Å². The van der Waals surface area contributed by atoms with E-state index in [1.54, 1.807) is 36.7 Å². The Kier molecular flexibility index (Phi) is 3.48. The maximum absolute atomic E-state index is 13.5. The molecule has 0 unspecified atom stereocenters. The molecule has 0 spiro atoms. The first-order valence-electron chi connectivity index (χ1n) is 5.28. The molecule has 1 N–H and O–H groups in total. The van der Waals surface area contributed by atoms with Gasteiger partial charge in [0.25, 0.3) is 0 Å². The minimum absolute atomic E-state index is 0.242. The number of carboxylic acid groups (broad SMARTS) is 1. The molecule has 0 amide bonds. The molecule has 1 aromatic carbocycles. The fourth-order valence-corrected chi connectivity index (χ4v) is 1.56. The first kappa shape index (κ1) is 12.0. The molecule has 0 aliphatic carbocycles. The predicted octanol–water partition coefficient (Wildman–Crippen LogP) is 2.99. The number of hydrogen-bond donors (Lipinski definition) is 1. The van der Waals surface area contributed by atoms with E-state index in [4.69, 9.17) is 5.11 Å². The molecule has 4 heteroatoms. The van der Waals surface area contributed by atoms with Gasteiger partial charge in [-0.25, -0.2) is 9.18 Å². The Morgan fingerprint density at radius 1 is 1.17 bits per heavy atom. The molecule has 1 aromatic heterocycles. The van der Waals surface area contributed by atoms with Gasteiger partial charge in [-0.15, -0.1) is 0 Å². The Bertz CT molecular complexity index is 594. The molecule has 2 aromatic rings. The third-order valence-electron chi connectivity index (χ3n) is 2.42. The van der Waals surface area contributed by atoms with Crippen LogP contribution in [-0.2, 0) is 4.79 Å². The number of nitrogens with zero attached hydrogens (tertiary/aromatic N) is 1. The molecule has 90 valence electrons. The number of aliphatic carboxylic acids is 1. The largest absolute Gasteiger partial charge is 0.478 e. The summed E-state index contributed by atoms with van der Waals surface area (Å²) in [5.74, 6) is -1.56. The Hall–Kier alpha value is -2.49. The topological polar surface area (TPSA) is 50.2 Å². The van der Waals surface area contributed by atoms with Crippen LogP contribution < -0.4 is 0 Å². The van der Waals surface area contributed by atoms with Gasteiger partial charge in [0, 0.05) is 24.0 Å². The second-order valence-corrected chi connectivity index (χ2v) is 3.64. The third-order valence-corrected chi connectivity index (χ3v) is 2.42. The van der Waals surface area contributed by atoms with Crippen molar-refractivity contribution in [2.45, 2.75) is 0 Å². The highest BCUT2D eigenvalue weighted by molar-refractivity contribution is 5.85. The highest BCUT2D eigenvalue weighted by Gasteiger charge is 2.03. The summed E-state index contributed by atoms with van der Waals surface area (Å²) < 4.78 is 13.5. The summed E-state index contributed by atoms with van der Waals surface area (Å²) in [6.07, 6.45) is 5.44. The van der Waals surface area contributed by atoms with Gasteiger partial charge >= 0.3 is 5.97 Å². The van der Waals surface area contributed by atoms with Gasteiger partial charge < -0.3 is 5.11 Å². The second-order valence-electron chi connectivity index (χ2n) is 3.64. The summed E-state index contributed by atoms with van der Waals surface area (Å²) in [6.45, 7) is 0. The minimum atomic E-state index is -1.11. The number of benzene rings is 1. The van der Waals surface area contributed by atoms with Crippen LogP contribution >= 0.6 is 0 Å². The Labute approximate surface area is 103 Å². The lowest BCUT2D eigenvalue weighted by atomic mass is 10.0. The monoisotopic (exact) mass is 243 g/mol. The summed E-state index contributed by atoms with van der Waals surface area (Å²) in [6, 6.07) is 8.17. The van der Waals surface area contributed by atoms with E-state index in [9.17, 15) is 9.18 Å². The number of halogens is 1. The molecule has 0 fully saturated rings. The van der Waals surface area contributed by atoms with Gasteiger partial charge in [0.15, 0.2) is 0 Å². The van der Waals surface area contributed by atoms with E-state index in [1.165, 1.54) is 12.1 Å². The Balaban J connectivity index is 2.41. The van der Waals surface area contributed by atoms with Crippen molar-refractivity contribution in [3.63, 3.8) is 0 Å². The van der Waals surface area contributed by atoms with Crippen molar-refractivity contribution in [2.75, 3.05) is 0 Å². The summed E-state index contributed by atoms with van der Waals surface area (Å²) in [5, 5.41) is 8.53. The van der Waals surface area contributed by atoms with Crippen molar-refractivity contribution < 1.29 is 14.3 Å². The van der Waals surface area contributed by atoms with Gasteiger partial charge in [0.05, 0.1) is 0 Å². The number of aromatic nitrogens is 1. The van der Waals surface area contributed by atoms with Crippen molar-refractivity contribution in [3.05, 3.63) is 60.2 Å². The van der Waals surface area contributed by atoms with Gasteiger partial charge in [-0.1, -0.05) is 6.07 Å². The van der Waals surface area contributed by atoms with Gasteiger partial charge in [-0.05, 0) is 41.5 Å². The van der Waals surface area contributed by atoms with Crippen molar-refractivity contribution >= 4 is 12.0 Å². The van der Waals surface area contributed by atoms with Crippen LogP contribution in [0.2, 0.25) is 0 Å². The molecule has 18 heavy (non-hydrogen) atoms. The van der Waals surface area contributed by atoms with Crippen LogP contribution in [0.15, 0.2) is 48.8 Å². The molecule has 0 bridgehead atoms. The SMILES string of the molecule is O=C(O)C=Cc1cc(-c2ccncc2)ccc1F. The van der Waals surface area contributed by atoms with Gasteiger partial charge in [0.1, 0.15) is 5.82 Å². The summed E-state index contributed by atoms with van der Waals surface area (Å²) in [7, 11) is 0. The van der Waals surface area contributed by atoms with Gasteiger partial charge in [-0.3, -0.25) is 4.98 Å². The second kappa shape index (κ2) is 5.23. The number of rotatable bonds is 3. The molecular formula is C14H10FNO2. The lowest BCUT2D eigenvalue weighted by Gasteiger charge is -2.03. The third kappa shape index (κ3) is 2.79. The summed E-state index contributed by atoms with van der Waals surface area (Å²) in [4.78, 5) is 14.3. The summed E-state index contributed by atoms with van der Waals surface area (Å²) in [5.41, 5.74) is 1.95. The molecule has 0 atom stereocenters. The Morgan fingerprint density at radius 3 is 2.56 bits per heavy atom. The predicted molar refractivity (Wildman–Crippen MR) is 66.3 cm³/mol. The van der Waals surface area contributed by atoms with Crippen LogP contribution in [0.25, 0.3) is 17.2 Å². The molecule has 3 nitrogen and oxygen atoms in total. The van der Waals surface area contributed by atoms with Crippen LogP contribution in [-0.4, -0.2) is 16.1 Å². The van der Waals surface area contributed by atoms with E-state index in [-0.39, 0.29) is 5.56 Å². The first-order chi connectivity index (χ1) is 8.66. The minimum Gasteiger partial charge on any atom is -0.478 e. The van der Waals surface area contributed by atoms with Gasteiger partial charge in [-0.2, -0.15) is 0 Å². The zero-order valence-electron chi connectivity index (χ0n) is 9.38. The zero-order chi connectivity index (χ0) is 13.0. The van der Waals surface area contributed by atoms with Crippen molar-refractivity contribution in [3.8, 4) is 11.1 Å². The fraction of sp³-hybridized carbons (Fsp3) is 0. The smallest absolute Gasteiger partial charge is 0.328 e. The Morgan fingerprint density at radius 2 is 1.89 bits per heavy atom. The van der Waals surface area contributed by atoms with E-state index in [0.717, 1.165) is 17.2 Å². The van der Waals surface area contributed by atoms with E-state index in [0.29, 0.717) is 0 Å². The zero-order valence-corrected chi connectivity index (χ0v) is 9.38. The number of hydrogen-bond acceptors (Lipinski definition) is 2. The summed E-state index contributed by atoms with van der Waals surface area (Å²) >= 11 is 0. The average Bonchev–Trinajstić information content (AvgIpc) is 2.38. The lowest BCUT2D eigenvalue weighted by molar-refractivity contribution is -0.131. The number of pyridine rings is 1. The fourth-order valence-electron chi connectivity index (χ4n) is 1.56. The normalized spacial score (nSPS) is 10.7. The molecule has 0 aliphatic heterocycles. The van der Waals surface area contributed by atoms with Crippen LogP contribution in [0.5, 0.6) is 0 Å². The molecule has 0 saturated carbocycles. The molecule has 0 radical (unpaired) electrons. The lowest BCUT2D eigenvalue weighted by Crippen LogP contribution is -1.89. The van der Waals surface area contributed by atoms with Crippen molar-refractivity contribution in [1.82, 2.24) is 4.98 Å².